The van der Waals surface area contributed by atoms with Gasteiger partial charge < -0.3 is 14.4 Å². The molecule has 1 heterocycles. The van der Waals surface area contributed by atoms with E-state index in [0.29, 0.717) is 12.3 Å². The van der Waals surface area contributed by atoms with Crippen molar-refractivity contribution >= 4 is 5.97 Å². The first-order valence-electron chi connectivity index (χ1n) is 8.15. The number of hydrogen-bond acceptors (Lipinski definition) is 4. The van der Waals surface area contributed by atoms with Gasteiger partial charge in [-0.15, -0.1) is 0 Å². The number of likely N-dealkylation sites (tertiary alicyclic amines) is 1. The molecule has 0 aliphatic carbocycles. The fraction of sp³-hybridized carbons (Fsp3) is 0.611. The van der Waals surface area contributed by atoms with Crippen LogP contribution >= 0.6 is 0 Å². The van der Waals surface area contributed by atoms with Crippen molar-refractivity contribution in [3.63, 3.8) is 0 Å². The highest BCUT2D eigenvalue weighted by Crippen LogP contribution is 2.34. The van der Waals surface area contributed by atoms with Gasteiger partial charge in [-0.3, -0.25) is 4.79 Å². The molecule has 0 atom stereocenters. The average Bonchev–Trinajstić information content (AvgIpc) is 2.53. The lowest BCUT2D eigenvalue weighted by atomic mass is 9.88. The predicted octanol–water partition coefficient (Wildman–Crippen LogP) is 3.22. The van der Waals surface area contributed by atoms with Gasteiger partial charge in [0.25, 0.3) is 0 Å². The number of benzene rings is 1. The van der Waals surface area contributed by atoms with E-state index in [1.807, 2.05) is 6.07 Å². The number of hydrogen-bond donors (Lipinski definition) is 0. The minimum Gasteiger partial charge on any atom is -0.491 e. The van der Waals surface area contributed by atoms with Gasteiger partial charge in [-0.1, -0.05) is 18.2 Å². The molecule has 122 valence electrons. The van der Waals surface area contributed by atoms with Crippen molar-refractivity contribution in [2.75, 3.05) is 26.7 Å². The minimum atomic E-state index is -0.127. The minimum absolute atomic E-state index is 0.127. The molecule has 0 saturated carbocycles. The normalized spacial score (nSPS) is 16.7. The second kappa shape index (κ2) is 8.18. The van der Waals surface area contributed by atoms with Gasteiger partial charge in [-0.2, -0.15) is 0 Å². The molecule has 0 amide bonds. The van der Waals surface area contributed by atoms with Crippen molar-refractivity contribution in [1.29, 1.82) is 0 Å². The van der Waals surface area contributed by atoms with Crippen LogP contribution in [-0.2, 0) is 9.53 Å². The standard InChI is InChI=1S/C18H27NO3/c1-14(2)22-17-7-5-4-6-16(17)15-8-11-19(12-9-15)13-10-18(20)21-3/h4-7,14-15H,8-13H2,1-3H3. The summed E-state index contributed by atoms with van der Waals surface area (Å²) >= 11 is 0. The zero-order valence-corrected chi connectivity index (χ0v) is 13.9. The average molecular weight is 305 g/mol. The molecular formula is C18H27NO3. The van der Waals surface area contributed by atoms with Gasteiger partial charge >= 0.3 is 5.97 Å². The second-order valence-corrected chi connectivity index (χ2v) is 6.15. The number of rotatable bonds is 6. The van der Waals surface area contributed by atoms with Crippen LogP contribution in [0.1, 0.15) is 44.6 Å². The monoisotopic (exact) mass is 305 g/mol. The Hall–Kier alpha value is -1.55. The third-order valence-corrected chi connectivity index (χ3v) is 4.17. The summed E-state index contributed by atoms with van der Waals surface area (Å²) in [6.07, 6.45) is 2.90. The van der Waals surface area contributed by atoms with E-state index >= 15 is 0 Å². The third-order valence-electron chi connectivity index (χ3n) is 4.17. The van der Waals surface area contributed by atoms with E-state index in [0.717, 1.165) is 38.2 Å². The zero-order valence-electron chi connectivity index (χ0n) is 13.9. The van der Waals surface area contributed by atoms with Crippen molar-refractivity contribution < 1.29 is 14.3 Å². The van der Waals surface area contributed by atoms with Crippen LogP contribution in [0.25, 0.3) is 0 Å². The van der Waals surface area contributed by atoms with Crippen molar-refractivity contribution in [3.8, 4) is 5.75 Å². The molecule has 1 aromatic carbocycles. The molecule has 22 heavy (non-hydrogen) atoms. The molecule has 1 aliphatic heterocycles. The fourth-order valence-electron chi connectivity index (χ4n) is 3.00. The number of esters is 1. The van der Waals surface area contributed by atoms with E-state index in [-0.39, 0.29) is 12.1 Å². The summed E-state index contributed by atoms with van der Waals surface area (Å²) in [6.45, 7) is 6.97. The lowest BCUT2D eigenvalue weighted by Crippen LogP contribution is -2.34. The topological polar surface area (TPSA) is 38.8 Å². The number of ether oxygens (including phenoxy) is 2. The molecule has 0 N–H and O–H groups in total. The maximum absolute atomic E-state index is 11.2. The van der Waals surface area contributed by atoms with Crippen LogP contribution in [0.15, 0.2) is 24.3 Å². The molecular weight excluding hydrogens is 278 g/mol. The Balaban J connectivity index is 1.90. The van der Waals surface area contributed by atoms with Crippen molar-refractivity contribution in [2.45, 2.75) is 45.1 Å². The molecule has 0 bridgehead atoms. The van der Waals surface area contributed by atoms with Crippen molar-refractivity contribution in [2.24, 2.45) is 0 Å². The maximum Gasteiger partial charge on any atom is 0.306 e. The highest BCUT2D eigenvalue weighted by molar-refractivity contribution is 5.69. The van der Waals surface area contributed by atoms with E-state index in [9.17, 15) is 4.79 Å². The highest BCUT2D eigenvalue weighted by atomic mass is 16.5. The van der Waals surface area contributed by atoms with Gasteiger partial charge in [0, 0.05) is 6.54 Å². The Morgan fingerprint density at radius 1 is 1.27 bits per heavy atom. The van der Waals surface area contributed by atoms with Crippen LogP contribution in [0.2, 0.25) is 0 Å². The highest BCUT2D eigenvalue weighted by Gasteiger charge is 2.23. The summed E-state index contributed by atoms with van der Waals surface area (Å²) in [5.74, 6) is 1.44. The zero-order chi connectivity index (χ0) is 15.9. The number of para-hydroxylation sites is 1. The van der Waals surface area contributed by atoms with E-state index < -0.39 is 0 Å². The lowest BCUT2D eigenvalue weighted by molar-refractivity contribution is -0.141. The van der Waals surface area contributed by atoms with Gasteiger partial charge in [0.2, 0.25) is 0 Å². The SMILES string of the molecule is COC(=O)CCN1CCC(c2ccccc2OC(C)C)CC1. The van der Waals surface area contributed by atoms with Crippen LogP contribution in [0.3, 0.4) is 0 Å². The molecule has 0 radical (unpaired) electrons. The van der Waals surface area contributed by atoms with E-state index in [4.69, 9.17) is 9.47 Å². The van der Waals surface area contributed by atoms with Gasteiger partial charge in [-0.05, 0) is 57.3 Å². The molecule has 0 aromatic heterocycles. The summed E-state index contributed by atoms with van der Waals surface area (Å²) in [4.78, 5) is 13.6. The molecule has 2 rings (SSSR count). The molecule has 1 saturated heterocycles. The van der Waals surface area contributed by atoms with Gasteiger partial charge in [0.1, 0.15) is 5.75 Å². The molecule has 4 nitrogen and oxygen atoms in total. The van der Waals surface area contributed by atoms with E-state index in [2.05, 4.69) is 36.9 Å². The quantitative estimate of drug-likeness (QED) is 0.757. The molecule has 4 heteroatoms. The smallest absolute Gasteiger partial charge is 0.306 e. The van der Waals surface area contributed by atoms with Crippen LogP contribution < -0.4 is 4.74 Å². The van der Waals surface area contributed by atoms with Crippen LogP contribution in [0.4, 0.5) is 0 Å². The predicted molar refractivity (Wildman–Crippen MR) is 87.3 cm³/mol. The van der Waals surface area contributed by atoms with Crippen LogP contribution in [0.5, 0.6) is 5.75 Å². The number of carbonyl (C=O) groups excluding carboxylic acids is 1. The van der Waals surface area contributed by atoms with Gasteiger partial charge in [0.15, 0.2) is 0 Å². The van der Waals surface area contributed by atoms with Gasteiger partial charge in [-0.25, -0.2) is 0 Å². The van der Waals surface area contributed by atoms with Gasteiger partial charge in [0.05, 0.1) is 19.6 Å². The summed E-state index contributed by atoms with van der Waals surface area (Å²) < 4.78 is 10.6. The number of piperidine rings is 1. The Morgan fingerprint density at radius 3 is 2.59 bits per heavy atom. The first-order valence-corrected chi connectivity index (χ1v) is 8.15. The van der Waals surface area contributed by atoms with Crippen molar-refractivity contribution in [3.05, 3.63) is 29.8 Å². The number of carbonyl (C=O) groups is 1. The first kappa shape index (κ1) is 16.8. The Bertz CT molecular complexity index is 479. The molecule has 0 unspecified atom stereocenters. The molecule has 0 spiro atoms. The fourth-order valence-corrected chi connectivity index (χ4v) is 3.00. The Morgan fingerprint density at radius 2 is 1.95 bits per heavy atom. The third kappa shape index (κ3) is 4.73. The maximum atomic E-state index is 11.2. The number of nitrogens with zero attached hydrogens (tertiary/aromatic N) is 1. The first-order chi connectivity index (χ1) is 10.6. The molecule has 1 aromatic rings. The lowest BCUT2D eigenvalue weighted by Gasteiger charge is -2.32. The number of methoxy groups -OCH3 is 1. The van der Waals surface area contributed by atoms with Crippen LogP contribution in [0, 0.1) is 0 Å². The molecule has 1 fully saturated rings. The van der Waals surface area contributed by atoms with Crippen molar-refractivity contribution in [1.82, 2.24) is 4.90 Å². The van der Waals surface area contributed by atoms with E-state index in [1.165, 1.54) is 12.7 Å². The van der Waals surface area contributed by atoms with Crippen LogP contribution in [-0.4, -0.2) is 43.7 Å². The molecule has 1 aliphatic rings. The summed E-state index contributed by atoms with van der Waals surface area (Å²) in [5, 5.41) is 0. The summed E-state index contributed by atoms with van der Waals surface area (Å²) in [6, 6.07) is 8.38. The summed E-state index contributed by atoms with van der Waals surface area (Å²) in [7, 11) is 1.44. The van der Waals surface area contributed by atoms with E-state index in [1.54, 1.807) is 0 Å². The Labute approximate surface area is 133 Å². The Kier molecular flexibility index (Phi) is 6.25. The second-order valence-electron chi connectivity index (χ2n) is 6.15. The summed E-state index contributed by atoms with van der Waals surface area (Å²) in [5.41, 5.74) is 1.32. The largest absolute Gasteiger partial charge is 0.491 e.